The molecule has 0 aromatic carbocycles. The number of hydrogen-bond donors (Lipinski definition) is 1. The summed E-state index contributed by atoms with van der Waals surface area (Å²) in [4.78, 5) is 4.63. The third kappa shape index (κ3) is 1.37. The molecular weight excluding hydrogens is 150 g/mol. The van der Waals surface area contributed by atoms with E-state index in [1.165, 1.54) is 12.1 Å². The van der Waals surface area contributed by atoms with Gasteiger partial charge in [0.2, 0.25) is 0 Å². The first kappa shape index (κ1) is 7.80. The van der Waals surface area contributed by atoms with E-state index >= 15 is 0 Å². The van der Waals surface area contributed by atoms with Gasteiger partial charge in [-0.3, -0.25) is 10.0 Å². The maximum absolute atomic E-state index is 4.63. The average molecular weight is 165 g/mol. The molecule has 0 bridgehead atoms. The summed E-state index contributed by atoms with van der Waals surface area (Å²) in [6, 6.07) is 0. The van der Waals surface area contributed by atoms with Crippen LogP contribution in [0.2, 0.25) is 0 Å². The first-order chi connectivity index (χ1) is 5.90. The highest BCUT2D eigenvalue weighted by Gasteiger charge is 2.22. The molecule has 0 aliphatic carbocycles. The van der Waals surface area contributed by atoms with Crippen LogP contribution in [0.1, 0.15) is 26.2 Å². The predicted octanol–water partition coefficient (Wildman–Crippen LogP) is 1.29. The van der Waals surface area contributed by atoms with Gasteiger partial charge in [-0.05, 0) is 12.5 Å². The van der Waals surface area contributed by atoms with Gasteiger partial charge in [-0.2, -0.15) is 0 Å². The van der Waals surface area contributed by atoms with Crippen LogP contribution in [-0.2, 0) is 0 Å². The van der Waals surface area contributed by atoms with Gasteiger partial charge in [-0.25, -0.2) is 5.43 Å². The van der Waals surface area contributed by atoms with Gasteiger partial charge in [-0.1, -0.05) is 13.3 Å². The van der Waals surface area contributed by atoms with E-state index in [2.05, 4.69) is 34.6 Å². The van der Waals surface area contributed by atoms with Crippen molar-refractivity contribution in [3.05, 3.63) is 12.3 Å². The molecule has 0 radical (unpaired) electrons. The molecule has 0 aromatic rings. The van der Waals surface area contributed by atoms with Gasteiger partial charge in [0.25, 0.3) is 0 Å². The molecule has 0 amide bonds. The highest BCUT2D eigenvalue weighted by molar-refractivity contribution is 5.95. The summed E-state index contributed by atoms with van der Waals surface area (Å²) >= 11 is 0. The van der Waals surface area contributed by atoms with E-state index < -0.39 is 0 Å². The van der Waals surface area contributed by atoms with Crippen LogP contribution >= 0.6 is 0 Å². The van der Waals surface area contributed by atoms with E-state index in [0.717, 1.165) is 19.4 Å². The Bertz CT molecular complexity index is 220. The molecule has 0 spiro atoms. The number of rotatable bonds is 2. The van der Waals surface area contributed by atoms with Crippen molar-refractivity contribution in [1.82, 2.24) is 10.4 Å². The van der Waals surface area contributed by atoms with E-state index in [4.69, 9.17) is 0 Å². The highest BCUT2D eigenvalue weighted by atomic mass is 15.6. The molecular formula is C9H15N3. The molecule has 2 aliphatic heterocycles. The van der Waals surface area contributed by atoms with Crippen molar-refractivity contribution >= 4 is 5.71 Å². The van der Waals surface area contributed by atoms with Crippen molar-refractivity contribution in [3.63, 3.8) is 0 Å². The first-order valence-corrected chi connectivity index (χ1v) is 4.67. The van der Waals surface area contributed by atoms with Crippen molar-refractivity contribution in [2.24, 2.45) is 4.99 Å². The quantitative estimate of drug-likeness (QED) is 0.667. The van der Waals surface area contributed by atoms with Crippen LogP contribution in [0.4, 0.5) is 0 Å². The Balaban J connectivity index is 2.05. The molecule has 1 atom stereocenters. The lowest BCUT2D eigenvalue weighted by atomic mass is 10.2. The predicted molar refractivity (Wildman–Crippen MR) is 49.7 cm³/mol. The lowest BCUT2D eigenvalue weighted by molar-refractivity contribution is 0.278. The molecule has 0 saturated carbocycles. The molecule has 2 rings (SSSR count). The standard InChI is InChI=1S/C9H15N3/c1-2-3-8-5-7-12-9(11-8)4-6-10-12/h5,7,9-10H,2-4,6H2,1H3. The zero-order valence-corrected chi connectivity index (χ0v) is 7.45. The maximum Gasteiger partial charge on any atom is 0.136 e. The van der Waals surface area contributed by atoms with E-state index in [-0.39, 0.29) is 0 Å². The number of nitrogens with zero attached hydrogens (tertiary/aromatic N) is 2. The number of hydrazine groups is 1. The third-order valence-electron chi connectivity index (χ3n) is 2.27. The van der Waals surface area contributed by atoms with Gasteiger partial charge >= 0.3 is 0 Å². The molecule has 2 aliphatic rings. The van der Waals surface area contributed by atoms with Gasteiger partial charge in [0, 0.05) is 24.9 Å². The summed E-state index contributed by atoms with van der Waals surface area (Å²) in [6.07, 6.45) is 8.02. The maximum atomic E-state index is 4.63. The lowest BCUT2D eigenvalue weighted by Crippen LogP contribution is -2.33. The van der Waals surface area contributed by atoms with Crippen LogP contribution in [0.25, 0.3) is 0 Å². The SMILES string of the molecule is CCCC1=NC2CCNN2C=C1. The molecule has 1 N–H and O–H groups in total. The summed E-state index contributed by atoms with van der Waals surface area (Å²) in [6.45, 7) is 3.24. The van der Waals surface area contributed by atoms with E-state index in [1.807, 2.05) is 0 Å². The monoisotopic (exact) mass is 165 g/mol. The van der Waals surface area contributed by atoms with Gasteiger partial charge in [0.1, 0.15) is 6.17 Å². The fourth-order valence-electron chi connectivity index (χ4n) is 1.65. The van der Waals surface area contributed by atoms with Crippen molar-refractivity contribution in [1.29, 1.82) is 0 Å². The Hall–Kier alpha value is -0.830. The van der Waals surface area contributed by atoms with E-state index in [1.54, 1.807) is 0 Å². The van der Waals surface area contributed by atoms with Gasteiger partial charge in [-0.15, -0.1) is 0 Å². The molecule has 66 valence electrons. The Kier molecular flexibility index (Phi) is 2.13. The van der Waals surface area contributed by atoms with E-state index in [0.29, 0.717) is 6.17 Å². The number of nitrogens with one attached hydrogen (secondary N) is 1. The third-order valence-corrected chi connectivity index (χ3v) is 2.27. The second kappa shape index (κ2) is 3.27. The number of fused-ring (bicyclic) bond motifs is 1. The lowest BCUT2D eigenvalue weighted by Gasteiger charge is -2.23. The molecule has 3 heteroatoms. The minimum atomic E-state index is 0.372. The van der Waals surface area contributed by atoms with Crippen LogP contribution in [0, 0.1) is 0 Å². The minimum Gasteiger partial charge on any atom is -0.291 e. The van der Waals surface area contributed by atoms with Crippen LogP contribution in [0.5, 0.6) is 0 Å². The fourth-order valence-corrected chi connectivity index (χ4v) is 1.65. The molecule has 0 aromatic heterocycles. The molecule has 1 saturated heterocycles. The van der Waals surface area contributed by atoms with Gasteiger partial charge in [0.05, 0.1) is 0 Å². The Morgan fingerprint density at radius 1 is 1.75 bits per heavy atom. The average Bonchev–Trinajstić information content (AvgIpc) is 2.51. The van der Waals surface area contributed by atoms with Gasteiger partial charge in [0.15, 0.2) is 0 Å². The number of allylic oxidation sites excluding steroid dienone is 1. The number of hydrogen-bond acceptors (Lipinski definition) is 3. The normalized spacial score (nSPS) is 27.2. The van der Waals surface area contributed by atoms with Crippen molar-refractivity contribution in [2.45, 2.75) is 32.4 Å². The fraction of sp³-hybridized carbons (Fsp3) is 0.667. The van der Waals surface area contributed by atoms with Crippen molar-refractivity contribution in [3.8, 4) is 0 Å². The van der Waals surface area contributed by atoms with Crippen LogP contribution in [0.3, 0.4) is 0 Å². The van der Waals surface area contributed by atoms with Crippen molar-refractivity contribution < 1.29 is 0 Å². The second-order valence-electron chi connectivity index (χ2n) is 3.27. The number of aliphatic imine (C=N–C) groups is 1. The summed E-state index contributed by atoms with van der Waals surface area (Å²) in [7, 11) is 0. The Morgan fingerprint density at radius 2 is 2.67 bits per heavy atom. The molecule has 12 heavy (non-hydrogen) atoms. The largest absolute Gasteiger partial charge is 0.291 e. The zero-order valence-electron chi connectivity index (χ0n) is 7.45. The summed E-state index contributed by atoms with van der Waals surface area (Å²) < 4.78 is 0. The highest BCUT2D eigenvalue weighted by Crippen LogP contribution is 2.15. The topological polar surface area (TPSA) is 27.6 Å². The molecule has 1 unspecified atom stereocenters. The molecule has 2 heterocycles. The second-order valence-corrected chi connectivity index (χ2v) is 3.27. The smallest absolute Gasteiger partial charge is 0.136 e. The Labute approximate surface area is 73.1 Å². The van der Waals surface area contributed by atoms with Crippen LogP contribution < -0.4 is 5.43 Å². The van der Waals surface area contributed by atoms with E-state index in [9.17, 15) is 0 Å². The minimum absolute atomic E-state index is 0.372. The Morgan fingerprint density at radius 3 is 3.50 bits per heavy atom. The van der Waals surface area contributed by atoms with Crippen molar-refractivity contribution in [2.75, 3.05) is 6.54 Å². The van der Waals surface area contributed by atoms with Crippen LogP contribution in [0.15, 0.2) is 17.3 Å². The summed E-state index contributed by atoms with van der Waals surface area (Å²) in [5, 5.41) is 2.10. The summed E-state index contributed by atoms with van der Waals surface area (Å²) in [5.41, 5.74) is 4.51. The summed E-state index contributed by atoms with van der Waals surface area (Å²) in [5.74, 6) is 0. The zero-order chi connectivity index (χ0) is 8.39. The molecule has 3 nitrogen and oxygen atoms in total. The molecule has 1 fully saturated rings. The van der Waals surface area contributed by atoms with Crippen LogP contribution in [-0.4, -0.2) is 23.4 Å². The van der Waals surface area contributed by atoms with Gasteiger partial charge < -0.3 is 0 Å². The first-order valence-electron chi connectivity index (χ1n) is 4.67.